The zero-order chi connectivity index (χ0) is 16.2. The van der Waals surface area contributed by atoms with Crippen molar-refractivity contribution in [1.29, 1.82) is 0 Å². The van der Waals surface area contributed by atoms with Gasteiger partial charge in [0.15, 0.2) is 5.75 Å². The number of nitro groups is 1. The van der Waals surface area contributed by atoms with Gasteiger partial charge in [0.05, 0.1) is 16.9 Å². The van der Waals surface area contributed by atoms with Crippen LogP contribution in [0.25, 0.3) is 0 Å². The van der Waals surface area contributed by atoms with Crippen molar-refractivity contribution in [2.75, 3.05) is 13.7 Å². The SMILES string of the molecule is COc1ccc(S(=O)(=O)NCC(N)C(C)C)cc1[N+](=O)[O-]. The summed E-state index contributed by atoms with van der Waals surface area (Å²) in [6.45, 7) is 3.80. The number of nitro benzene ring substituents is 1. The lowest BCUT2D eigenvalue weighted by molar-refractivity contribution is -0.386. The molecule has 0 fully saturated rings. The van der Waals surface area contributed by atoms with Gasteiger partial charge in [-0.2, -0.15) is 0 Å². The molecule has 0 spiro atoms. The molecular weight excluding hydrogens is 298 g/mol. The van der Waals surface area contributed by atoms with Gasteiger partial charge in [0.1, 0.15) is 0 Å². The van der Waals surface area contributed by atoms with Gasteiger partial charge >= 0.3 is 5.69 Å². The minimum absolute atomic E-state index is 0.00201. The van der Waals surface area contributed by atoms with Gasteiger partial charge in [-0.15, -0.1) is 0 Å². The first kappa shape index (κ1) is 17.3. The van der Waals surface area contributed by atoms with Crippen LogP contribution in [0, 0.1) is 16.0 Å². The summed E-state index contributed by atoms with van der Waals surface area (Å²) in [5, 5.41) is 10.9. The number of rotatable bonds is 7. The highest BCUT2D eigenvalue weighted by Gasteiger charge is 2.22. The molecule has 9 heteroatoms. The molecule has 1 atom stereocenters. The van der Waals surface area contributed by atoms with E-state index in [1.807, 2.05) is 13.8 Å². The van der Waals surface area contributed by atoms with Crippen molar-refractivity contribution >= 4 is 15.7 Å². The average molecular weight is 317 g/mol. The van der Waals surface area contributed by atoms with Crippen LogP contribution < -0.4 is 15.2 Å². The Balaban J connectivity index is 3.04. The number of hydrogen-bond acceptors (Lipinski definition) is 6. The van der Waals surface area contributed by atoms with Crippen LogP contribution in [0.1, 0.15) is 13.8 Å². The molecule has 118 valence electrons. The lowest BCUT2D eigenvalue weighted by Gasteiger charge is -2.16. The maximum atomic E-state index is 12.1. The second-order valence-electron chi connectivity index (χ2n) is 4.85. The Morgan fingerprint density at radius 1 is 1.43 bits per heavy atom. The maximum absolute atomic E-state index is 12.1. The molecular formula is C12H19N3O5S. The van der Waals surface area contributed by atoms with Crippen LogP contribution in [-0.4, -0.2) is 33.0 Å². The number of nitrogens with zero attached hydrogens (tertiary/aromatic N) is 1. The van der Waals surface area contributed by atoms with Crippen LogP contribution in [0.3, 0.4) is 0 Å². The second-order valence-corrected chi connectivity index (χ2v) is 6.62. The van der Waals surface area contributed by atoms with Gasteiger partial charge in [-0.05, 0) is 18.1 Å². The van der Waals surface area contributed by atoms with E-state index in [9.17, 15) is 18.5 Å². The molecule has 0 radical (unpaired) electrons. The van der Waals surface area contributed by atoms with Crippen molar-refractivity contribution in [2.24, 2.45) is 11.7 Å². The molecule has 3 N–H and O–H groups in total. The first-order chi connectivity index (χ1) is 9.69. The summed E-state index contributed by atoms with van der Waals surface area (Å²) in [7, 11) is -2.59. The molecule has 0 aliphatic heterocycles. The first-order valence-corrected chi connectivity index (χ1v) is 7.75. The molecule has 1 unspecified atom stereocenters. The largest absolute Gasteiger partial charge is 0.490 e. The molecule has 1 rings (SSSR count). The number of hydrogen-bond donors (Lipinski definition) is 2. The molecule has 8 nitrogen and oxygen atoms in total. The lowest BCUT2D eigenvalue weighted by Crippen LogP contribution is -2.40. The predicted octanol–water partition coefficient (Wildman–Crippen LogP) is 0.865. The van der Waals surface area contributed by atoms with E-state index in [-0.39, 0.29) is 29.1 Å². The normalized spacial score (nSPS) is 13.2. The highest BCUT2D eigenvalue weighted by atomic mass is 32.2. The van der Waals surface area contributed by atoms with E-state index in [0.717, 1.165) is 6.07 Å². The molecule has 0 amide bonds. The molecule has 0 saturated heterocycles. The van der Waals surface area contributed by atoms with Crippen LogP contribution in [0.4, 0.5) is 5.69 Å². The van der Waals surface area contributed by atoms with E-state index in [2.05, 4.69) is 4.72 Å². The smallest absolute Gasteiger partial charge is 0.312 e. The Morgan fingerprint density at radius 3 is 2.52 bits per heavy atom. The number of ether oxygens (including phenoxy) is 1. The molecule has 0 heterocycles. The molecule has 21 heavy (non-hydrogen) atoms. The van der Waals surface area contributed by atoms with Crippen LogP contribution in [0.5, 0.6) is 5.75 Å². The van der Waals surface area contributed by atoms with Crippen molar-refractivity contribution in [3.8, 4) is 5.75 Å². The predicted molar refractivity (Wildman–Crippen MR) is 77.7 cm³/mol. The Morgan fingerprint density at radius 2 is 2.05 bits per heavy atom. The summed E-state index contributed by atoms with van der Waals surface area (Å²) in [5.74, 6) is 0.107. The highest BCUT2D eigenvalue weighted by Crippen LogP contribution is 2.29. The van der Waals surface area contributed by atoms with E-state index in [1.54, 1.807) is 0 Å². The van der Waals surface area contributed by atoms with E-state index in [4.69, 9.17) is 10.5 Å². The van der Waals surface area contributed by atoms with Gasteiger partial charge in [-0.3, -0.25) is 10.1 Å². The van der Waals surface area contributed by atoms with Gasteiger partial charge in [-0.1, -0.05) is 13.8 Å². The Hall–Kier alpha value is -1.71. The van der Waals surface area contributed by atoms with Gasteiger partial charge in [0, 0.05) is 18.7 Å². The minimum atomic E-state index is -3.86. The fourth-order valence-corrected chi connectivity index (χ4v) is 2.60. The topological polar surface area (TPSA) is 125 Å². The number of nitrogens with two attached hydrogens (primary N) is 1. The monoisotopic (exact) mass is 317 g/mol. The van der Waals surface area contributed by atoms with Gasteiger partial charge in [0.2, 0.25) is 10.0 Å². The van der Waals surface area contributed by atoms with E-state index in [0.29, 0.717) is 0 Å². The van der Waals surface area contributed by atoms with E-state index in [1.165, 1.54) is 19.2 Å². The summed E-state index contributed by atoms with van der Waals surface area (Å²) >= 11 is 0. The minimum Gasteiger partial charge on any atom is -0.490 e. The Labute approximate surface area is 123 Å². The standard InChI is InChI=1S/C12H19N3O5S/c1-8(2)10(13)7-14-21(18,19)9-4-5-12(20-3)11(6-9)15(16)17/h4-6,8,10,14H,7,13H2,1-3H3. The quantitative estimate of drug-likeness (QED) is 0.568. The Kier molecular flexibility index (Phi) is 5.64. The number of sulfonamides is 1. The maximum Gasteiger partial charge on any atom is 0.312 e. The molecule has 0 saturated carbocycles. The molecule has 0 aliphatic rings. The van der Waals surface area contributed by atoms with Crippen LogP contribution in [-0.2, 0) is 10.0 Å². The van der Waals surface area contributed by atoms with Crippen molar-refractivity contribution in [2.45, 2.75) is 24.8 Å². The van der Waals surface area contributed by atoms with Crippen molar-refractivity contribution < 1.29 is 18.1 Å². The molecule has 0 bridgehead atoms. The zero-order valence-corrected chi connectivity index (χ0v) is 12.9. The fraction of sp³-hybridized carbons (Fsp3) is 0.500. The number of nitrogens with one attached hydrogen (secondary N) is 1. The highest BCUT2D eigenvalue weighted by molar-refractivity contribution is 7.89. The second kappa shape index (κ2) is 6.83. The number of benzene rings is 1. The van der Waals surface area contributed by atoms with E-state index < -0.39 is 20.6 Å². The third-order valence-corrected chi connectivity index (χ3v) is 4.44. The van der Waals surface area contributed by atoms with Crippen LogP contribution >= 0.6 is 0 Å². The summed E-state index contributed by atoms with van der Waals surface area (Å²) in [4.78, 5) is 10.0. The third kappa shape index (κ3) is 4.38. The van der Waals surface area contributed by atoms with Crippen molar-refractivity contribution in [3.63, 3.8) is 0 Å². The van der Waals surface area contributed by atoms with Crippen LogP contribution in [0.2, 0.25) is 0 Å². The van der Waals surface area contributed by atoms with Crippen LogP contribution in [0.15, 0.2) is 23.1 Å². The van der Waals surface area contributed by atoms with Gasteiger partial charge in [-0.25, -0.2) is 13.1 Å². The Bertz CT molecular complexity index is 615. The number of methoxy groups -OCH3 is 1. The lowest BCUT2D eigenvalue weighted by atomic mass is 10.1. The molecule has 1 aromatic carbocycles. The first-order valence-electron chi connectivity index (χ1n) is 6.26. The fourth-order valence-electron chi connectivity index (χ4n) is 1.50. The summed E-state index contributed by atoms with van der Waals surface area (Å²) in [5.41, 5.74) is 5.36. The van der Waals surface area contributed by atoms with Gasteiger partial charge < -0.3 is 10.5 Å². The van der Waals surface area contributed by atoms with Gasteiger partial charge in [0.25, 0.3) is 0 Å². The molecule has 0 aromatic heterocycles. The van der Waals surface area contributed by atoms with Crippen molar-refractivity contribution in [3.05, 3.63) is 28.3 Å². The summed E-state index contributed by atoms with van der Waals surface area (Å²) in [6, 6.07) is 3.11. The molecule has 1 aromatic rings. The summed E-state index contributed by atoms with van der Waals surface area (Å²) < 4.78 is 31.4. The average Bonchev–Trinajstić information content (AvgIpc) is 2.43. The summed E-state index contributed by atoms with van der Waals surface area (Å²) in [6.07, 6.45) is 0. The zero-order valence-electron chi connectivity index (χ0n) is 12.1. The molecule has 0 aliphatic carbocycles. The van der Waals surface area contributed by atoms with Crippen molar-refractivity contribution in [1.82, 2.24) is 4.72 Å². The van der Waals surface area contributed by atoms with E-state index >= 15 is 0 Å². The third-order valence-electron chi connectivity index (χ3n) is 3.02.